The normalized spacial score (nSPS) is 11.7. The van der Waals surface area contributed by atoms with Crippen LogP contribution in [0.2, 0.25) is 0 Å². The molecule has 4 nitrogen and oxygen atoms in total. The highest BCUT2D eigenvalue weighted by Crippen LogP contribution is 2.07. The standard InChI is InChI=1S/C9H10N2O2S/c1-13-9(12)8(5-10)11-6-7-3-2-4-14-7/h2-4,8,11H,6H2,1H3. The van der Waals surface area contributed by atoms with Crippen LogP contribution < -0.4 is 5.32 Å². The molecule has 14 heavy (non-hydrogen) atoms. The molecule has 0 saturated carbocycles. The van der Waals surface area contributed by atoms with Gasteiger partial charge in [-0.1, -0.05) is 6.07 Å². The molecule has 1 atom stereocenters. The third kappa shape index (κ3) is 2.83. The van der Waals surface area contributed by atoms with Crippen LogP contribution in [0.5, 0.6) is 0 Å². The Balaban J connectivity index is 2.43. The van der Waals surface area contributed by atoms with Crippen molar-refractivity contribution in [2.24, 2.45) is 0 Å². The van der Waals surface area contributed by atoms with Crippen LogP contribution in [0.3, 0.4) is 0 Å². The summed E-state index contributed by atoms with van der Waals surface area (Å²) in [5.74, 6) is -0.552. The van der Waals surface area contributed by atoms with E-state index in [0.29, 0.717) is 6.54 Å². The van der Waals surface area contributed by atoms with Crippen molar-refractivity contribution in [2.75, 3.05) is 7.11 Å². The van der Waals surface area contributed by atoms with Gasteiger partial charge in [-0.15, -0.1) is 11.3 Å². The minimum atomic E-state index is -0.887. The van der Waals surface area contributed by atoms with E-state index < -0.39 is 12.0 Å². The summed E-state index contributed by atoms with van der Waals surface area (Å²) in [6, 6.07) is 4.80. The van der Waals surface area contributed by atoms with Gasteiger partial charge in [0.25, 0.3) is 0 Å². The van der Waals surface area contributed by atoms with Gasteiger partial charge in [0.2, 0.25) is 0 Å². The van der Waals surface area contributed by atoms with Gasteiger partial charge in [-0.3, -0.25) is 5.32 Å². The van der Waals surface area contributed by atoms with Crippen molar-refractivity contribution in [1.29, 1.82) is 5.26 Å². The molecule has 0 spiro atoms. The Kier molecular flexibility index (Phi) is 4.11. The minimum Gasteiger partial charge on any atom is -0.467 e. The number of hydrogen-bond donors (Lipinski definition) is 1. The molecule has 1 aromatic heterocycles. The summed E-state index contributed by atoms with van der Waals surface area (Å²) in [6.45, 7) is 0.505. The zero-order valence-corrected chi connectivity index (χ0v) is 8.50. The van der Waals surface area contributed by atoms with E-state index >= 15 is 0 Å². The van der Waals surface area contributed by atoms with E-state index in [1.807, 2.05) is 23.6 Å². The topological polar surface area (TPSA) is 62.1 Å². The SMILES string of the molecule is COC(=O)C(C#N)NCc1cccs1. The van der Waals surface area contributed by atoms with Crippen LogP contribution in [-0.4, -0.2) is 19.1 Å². The summed E-state index contributed by atoms with van der Waals surface area (Å²) in [4.78, 5) is 12.1. The highest BCUT2D eigenvalue weighted by atomic mass is 32.1. The second kappa shape index (κ2) is 5.37. The molecule has 1 N–H and O–H groups in total. The first-order valence-corrected chi connectivity index (χ1v) is 4.89. The lowest BCUT2D eigenvalue weighted by molar-refractivity contribution is -0.141. The third-order valence-electron chi connectivity index (χ3n) is 1.63. The molecule has 1 unspecified atom stereocenters. The van der Waals surface area contributed by atoms with Crippen LogP contribution in [0.15, 0.2) is 17.5 Å². The lowest BCUT2D eigenvalue weighted by Crippen LogP contribution is -2.35. The van der Waals surface area contributed by atoms with Gasteiger partial charge in [0.05, 0.1) is 13.2 Å². The Bertz CT molecular complexity index is 329. The average molecular weight is 210 g/mol. The number of nitriles is 1. The number of carbonyl (C=O) groups is 1. The van der Waals surface area contributed by atoms with Gasteiger partial charge in [0, 0.05) is 11.4 Å². The first-order chi connectivity index (χ1) is 6.77. The maximum absolute atomic E-state index is 11.0. The molecule has 0 bridgehead atoms. The van der Waals surface area contributed by atoms with E-state index in [1.165, 1.54) is 7.11 Å². The molecule has 0 aliphatic heterocycles. The van der Waals surface area contributed by atoms with Crippen molar-refractivity contribution < 1.29 is 9.53 Å². The van der Waals surface area contributed by atoms with Crippen LogP contribution in [-0.2, 0) is 16.1 Å². The second-order valence-electron chi connectivity index (χ2n) is 2.55. The van der Waals surface area contributed by atoms with Crippen molar-refractivity contribution in [3.63, 3.8) is 0 Å². The predicted molar refractivity (Wildman–Crippen MR) is 52.6 cm³/mol. The minimum absolute atomic E-state index is 0.505. The monoisotopic (exact) mass is 210 g/mol. The Morgan fingerprint density at radius 3 is 3.14 bits per heavy atom. The van der Waals surface area contributed by atoms with Crippen LogP contribution in [0.25, 0.3) is 0 Å². The molecule has 0 aliphatic rings. The maximum Gasteiger partial charge on any atom is 0.337 e. The molecular weight excluding hydrogens is 200 g/mol. The number of nitrogens with one attached hydrogen (secondary N) is 1. The number of esters is 1. The largest absolute Gasteiger partial charge is 0.467 e. The van der Waals surface area contributed by atoms with E-state index in [2.05, 4.69) is 10.1 Å². The number of rotatable bonds is 4. The lowest BCUT2D eigenvalue weighted by atomic mass is 10.3. The highest BCUT2D eigenvalue weighted by Gasteiger charge is 2.17. The molecule has 0 aromatic carbocycles. The van der Waals surface area contributed by atoms with Crippen LogP contribution in [0.1, 0.15) is 4.88 Å². The number of ether oxygens (including phenoxy) is 1. The molecule has 1 heterocycles. The van der Waals surface area contributed by atoms with E-state index in [-0.39, 0.29) is 0 Å². The van der Waals surface area contributed by atoms with Crippen LogP contribution >= 0.6 is 11.3 Å². The highest BCUT2D eigenvalue weighted by molar-refractivity contribution is 7.09. The fourth-order valence-corrected chi connectivity index (χ4v) is 1.57. The van der Waals surface area contributed by atoms with Gasteiger partial charge in [0.1, 0.15) is 0 Å². The van der Waals surface area contributed by atoms with Gasteiger partial charge in [-0.25, -0.2) is 4.79 Å². The first-order valence-electron chi connectivity index (χ1n) is 4.01. The molecule has 0 fully saturated rings. The van der Waals surface area contributed by atoms with E-state index in [4.69, 9.17) is 5.26 Å². The van der Waals surface area contributed by atoms with E-state index in [0.717, 1.165) is 4.88 Å². The molecule has 0 amide bonds. The quantitative estimate of drug-likeness (QED) is 0.750. The van der Waals surface area contributed by atoms with Gasteiger partial charge in [0.15, 0.2) is 6.04 Å². The van der Waals surface area contributed by atoms with E-state index in [1.54, 1.807) is 11.3 Å². The number of carbonyl (C=O) groups excluding carboxylic acids is 1. The first kappa shape index (κ1) is 10.7. The summed E-state index contributed by atoms with van der Waals surface area (Å²) >= 11 is 1.57. The lowest BCUT2D eigenvalue weighted by Gasteiger charge is -2.07. The Morgan fingerprint density at radius 1 is 1.86 bits per heavy atom. The fraction of sp³-hybridized carbons (Fsp3) is 0.333. The van der Waals surface area contributed by atoms with Crippen molar-refractivity contribution in [2.45, 2.75) is 12.6 Å². The Labute approximate surface area is 86.1 Å². The molecule has 0 aliphatic carbocycles. The second-order valence-corrected chi connectivity index (χ2v) is 3.58. The van der Waals surface area contributed by atoms with Crippen molar-refractivity contribution in [3.05, 3.63) is 22.4 Å². The molecule has 0 saturated heterocycles. The van der Waals surface area contributed by atoms with Crippen molar-refractivity contribution >= 4 is 17.3 Å². The summed E-state index contributed by atoms with van der Waals surface area (Å²) < 4.78 is 4.45. The van der Waals surface area contributed by atoms with Crippen molar-refractivity contribution in [1.82, 2.24) is 5.32 Å². The summed E-state index contributed by atoms with van der Waals surface area (Å²) in [7, 11) is 1.26. The number of methoxy groups -OCH3 is 1. The maximum atomic E-state index is 11.0. The zero-order chi connectivity index (χ0) is 10.4. The zero-order valence-electron chi connectivity index (χ0n) is 7.69. The van der Waals surface area contributed by atoms with Crippen LogP contribution in [0.4, 0.5) is 0 Å². The molecule has 1 rings (SSSR count). The smallest absolute Gasteiger partial charge is 0.337 e. The molecule has 74 valence electrons. The molecule has 5 heteroatoms. The molecule has 0 radical (unpaired) electrons. The molecule has 1 aromatic rings. The third-order valence-corrected chi connectivity index (χ3v) is 2.50. The Hall–Kier alpha value is -1.38. The summed E-state index contributed by atoms with van der Waals surface area (Å²) in [5, 5.41) is 13.4. The average Bonchev–Trinajstić information content (AvgIpc) is 2.71. The predicted octanol–water partition coefficient (Wildman–Crippen LogP) is 0.903. The van der Waals surface area contributed by atoms with Gasteiger partial charge in [-0.05, 0) is 11.4 Å². The number of nitrogens with zero attached hydrogens (tertiary/aromatic N) is 1. The van der Waals surface area contributed by atoms with Gasteiger partial charge >= 0.3 is 5.97 Å². The van der Waals surface area contributed by atoms with Crippen molar-refractivity contribution in [3.8, 4) is 6.07 Å². The van der Waals surface area contributed by atoms with Crippen LogP contribution in [0, 0.1) is 11.3 Å². The van der Waals surface area contributed by atoms with Gasteiger partial charge < -0.3 is 4.74 Å². The fourth-order valence-electron chi connectivity index (χ4n) is 0.915. The van der Waals surface area contributed by atoms with Gasteiger partial charge in [-0.2, -0.15) is 5.26 Å². The number of thiophene rings is 1. The van der Waals surface area contributed by atoms with E-state index in [9.17, 15) is 4.79 Å². The Morgan fingerprint density at radius 2 is 2.64 bits per heavy atom. The summed E-state index contributed by atoms with van der Waals surface area (Å²) in [6.07, 6.45) is 0. The number of hydrogen-bond acceptors (Lipinski definition) is 5. The molecular formula is C9H10N2O2S. The summed E-state index contributed by atoms with van der Waals surface area (Å²) in [5.41, 5.74) is 0.